The number of fused-ring (bicyclic) bond motifs is 1. The average molecular weight is 349 g/mol. The fraction of sp³-hybridized carbons (Fsp3) is 0.556. The lowest BCUT2D eigenvalue weighted by atomic mass is 9.99. The van der Waals surface area contributed by atoms with Crippen molar-refractivity contribution in [2.75, 3.05) is 19.7 Å². The van der Waals surface area contributed by atoms with Gasteiger partial charge in [-0.2, -0.15) is 0 Å². The standard InChI is InChI=1S/C18H24FN3O3/c1-11(2)22-15-6-7-21(9-14(15)20-18(22)24)17(23)10-25-16-8-12(3)4-5-13(16)19/h4-5,8,11,14-15H,6-7,9-10H2,1-3H3,(H,20,24)/t14-,15+/m1/s1. The average Bonchev–Trinajstić information content (AvgIpc) is 2.90. The van der Waals surface area contributed by atoms with Gasteiger partial charge < -0.3 is 19.9 Å². The summed E-state index contributed by atoms with van der Waals surface area (Å²) in [5.74, 6) is -0.590. The van der Waals surface area contributed by atoms with Crippen LogP contribution < -0.4 is 10.1 Å². The van der Waals surface area contributed by atoms with E-state index >= 15 is 0 Å². The van der Waals surface area contributed by atoms with Crippen molar-refractivity contribution >= 4 is 11.9 Å². The lowest BCUT2D eigenvalue weighted by Gasteiger charge is -2.37. The van der Waals surface area contributed by atoms with Crippen LogP contribution >= 0.6 is 0 Å². The van der Waals surface area contributed by atoms with Crippen molar-refractivity contribution < 1.29 is 18.7 Å². The lowest BCUT2D eigenvalue weighted by Crippen LogP contribution is -2.54. The zero-order valence-corrected chi connectivity index (χ0v) is 14.8. The molecular formula is C18H24FN3O3. The molecule has 0 spiro atoms. The molecule has 2 saturated heterocycles. The highest BCUT2D eigenvalue weighted by Crippen LogP contribution is 2.25. The number of hydrogen-bond donors (Lipinski definition) is 1. The number of rotatable bonds is 4. The van der Waals surface area contributed by atoms with E-state index in [0.717, 1.165) is 12.0 Å². The number of nitrogens with zero attached hydrogens (tertiary/aromatic N) is 2. The molecule has 2 atom stereocenters. The minimum atomic E-state index is -0.479. The Balaban J connectivity index is 1.58. The molecule has 2 aliphatic rings. The fourth-order valence-electron chi connectivity index (χ4n) is 3.59. The first-order chi connectivity index (χ1) is 11.9. The molecule has 2 fully saturated rings. The lowest BCUT2D eigenvalue weighted by molar-refractivity contribution is -0.135. The van der Waals surface area contributed by atoms with Crippen LogP contribution in [-0.4, -0.2) is 59.6 Å². The van der Waals surface area contributed by atoms with Crippen molar-refractivity contribution in [2.45, 2.75) is 45.3 Å². The normalized spacial score (nSPS) is 22.8. The molecule has 1 N–H and O–H groups in total. The maximum atomic E-state index is 13.7. The van der Waals surface area contributed by atoms with Crippen molar-refractivity contribution in [3.05, 3.63) is 29.6 Å². The van der Waals surface area contributed by atoms with Gasteiger partial charge in [-0.05, 0) is 44.9 Å². The molecule has 25 heavy (non-hydrogen) atoms. The summed E-state index contributed by atoms with van der Waals surface area (Å²) >= 11 is 0. The fourth-order valence-corrected chi connectivity index (χ4v) is 3.59. The summed E-state index contributed by atoms with van der Waals surface area (Å²) in [6.07, 6.45) is 0.728. The number of hydrogen-bond acceptors (Lipinski definition) is 3. The maximum Gasteiger partial charge on any atom is 0.318 e. The smallest absolute Gasteiger partial charge is 0.318 e. The van der Waals surface area contributed by atoms with E-state index in [-0.39, 0.29) is 42.4 Å². The van der Waals surface area contributed by atoms with Crippen molar-refractivity contribution in [2.24, 2.45) is 0 Å². The molecule has 2 aliphatic heterocycles. The van der Waals surface area contributed by atoms with Crippen molar-refractivity contribution in [3.8, 4) is 5.75 Å². The molecule has 3 rings (SSSR count). The Morgan fingerprint density at radius 2 is 2.20 bits per heavy atom. The highest BCUT2D eigenvalue weighted by atomic mass is 19.1. The SMILES string of the molecule is Cc1ccc(F)c(OCC(=O)N2CC[C@H]3[C@@H](C2)NC(=O)N3C(C)C)c1. The van der Waals surface area contributed by atoms with E-state index in [4.69, 9.17) is 4.74 Å². The molecule has 2 heterocycles. The summed E-state index contributed by atoms with van der Waals surface area (Å²) in [6.45, 7) is 6.63. The Labute approximate surface area is 146 Å². The summed E-state index contributed by atoms with van der Waals surface area (Å²) in [7, 11) is 0. The van der Waals surface area contributed by atoms with Crippen LogP contribution in [-0.2, 0) is 4.79 Å². The third kappa shape index (κ3) is 3.55. The molecule has 0 radical (unpaired) electrons. The molecule has 0 aromatic heterocycles. The minimum absolute atomic E-state index is 0.0664. The van der Waals surface area contributed by atoms with Gasteiger partial charge in [0, 0.05) is 19.1 Å². The highest BCUT2D eigenvalue weighted by Gasteiger charge is 2.44. The number of likely N-dealkylation sites (tertiary alicyclic amines) is 1. The summed E-state index contributed by atoms with van der Waals surface area (Å²) in [4.78, 5) is 28.0. The topological polar surface area (TPSA) is 61.9 Å². The molecule has 0 bridgehead atoms. The van der Waals surface area contributed by atoms with E-state index in [1.54, 1.807) is 17.0 Å². The Bertz CT molecular complexity index is 680. The number of aryl methyl sites for hydroxylation is 1. The Morgan fingerprint density at radius 3 is 2.92 bits per heavy atom. The second-order valence-corrected chi connectivity index (χ2v) is 6.98. The number of amides is 3. The van der Waals surface area contributed by atoms with Gasteiger partial charge in [-0.3, -0.25) is 4.79 Å². The van der Waals surface area contributed by atoms with Gasteiger partial charge in [0.15, 0.2) is 18.2 Å². The number of ether oxygens (including phenoxy) is 1. The third-order valence-corrected chi connectivity index (χ3v) is 4.82. The van der Waals surface area contributed by atoms with E-state index in [1.165, 1.54) is 6.07 Å². The molecule has 3 amide bonds. The number of benzene rings is 1. The Hall–Kier alpha value is -2.31. The monoisotopic (exact) mass is 349 g/mol. The first-order valence-corrected chi connectivity index (χ1v) is 8.62. The zero-order valence-electron chi connectivity index (χ0n) is 14.8. The summed E-state index contributed by atoms with van der Waals surface area (Å²) in [6, 6.07) is 4.66. The van der Waals surface area contributed by atoms with E-state index in [0.29, 0.717) is 13.1 Å². The van der Waals surface area contributed by atoms with Crippen LogP contribution in [0.25, 0.3) is 0 Å². The quantitative estimate of drug-likeness (QED) is 0.903. The second kappa shape index (κ2) is 6.90. The number of carbonyl (C=O) groups is 2. The van der Waals surface area contributed by atoms with Gasteiger partial charge >= 0.3 is 6.03 Å². The predicted molar refractivity (Wildman–Crippen MR) is 90.9 cm³/mol. The summed E-state index contributed by atoms with van der Waals surface area (Å²) in [5.41, 5.74) is 0.868. The maximum absolute atomic E-state index is 13.7. The van der Waals surface area contributed by atoms with Gasteiger partial charge in [0.25, 0.3) is 5.91 Å². The van der Waals surface area contributed by atoms with Gasteiger partial charge in [-0.1, -0.05) is 6.07 Å². The molecular weight excluding hydrogens is 325 g/mol. The highest BCUT2D eigenvalue weighted by molar-refractivity contribution is 5.80. The summed E-state index contributed by atoms with van der Waals surface area (Å²) in [5, 5.41) is 2.95. The van der Waals surface area contributed by atoms with Crippen LogP contribution in [0.5, 0.6) is 5.75 Å². The van der Waals surface area contributed by atoms with Crippen molar-refractivity contribution in [1.82, 2.24) is 15.1 Å². The molecule has 0 aliphatic carbocycles. The molecule has 6 nitrogen and oxygen atoms in total. The van der Waals surface area contributed by atoms with Crippen LogP contribution in [0.3, 0.4) is 0 Å². The Kier molecular flexibility index (Phi) is 4.83. The van der Waals surface area contributed by atoms with Gasteiger partial charge in [-0.25, -0.2) is 9.18 Å². The van der Waals surface area contributed by atoms with Gasteiger partial charge in [0.1, 0.15) is 0 Å². The first-order valence-electron chi connectivity index (χ1n) is 8.62. The van der Waals surface area contributed by atoms with E-state index in [9.17, 15) is 14.0 Å². The van der Waals surface area contributed by atoms with Gasteiger partial charge in [-0.15, -0.1) is 0 Å². The van der Waals surface area contributed by atoms with Crippen molar-refractivity contribution in [3.63, 3.8) is 0 Å². The molecule has 1 aromatic carbocycles. The molecule has 7 heteroatoms. The molecule has 0 saturated carbocycles. The number of piperidine rings is 1. The van der Waals surface area contributed by atoms with Crippen LogP contribution in [0.1, 0.15) is 25.8 Å². The van der Waals surface area contributed by atoms with Gasteiger partial charge in [0.2, 0.25) is 0 Å². The molecule has 1 aromatic rings. The largest absolute Gasteiger partial charge is 0.481 e. The molecule has 0 unspecified atom stereocenters. The second-order valence-electron chi connectivity index (χ2n) is 6.98. The van der Waals surface area contributed by atoms with Crippen LogP contribution in [0.15, 0.2) is 18.2 Å². The van der Waals surface area contributed by atoms with Crippen molar-refractivity contribution in [1.29, 1.82) is 0 Å². The van der Waals surface area contributed by atoms with Crippen LogP contribution in [0.4, 0.5) is 9.18 Å². The number of urea groups is 1. The Morgan fingerprint density at radius 1 is 1.44 bits per heavy atom. The summed E-state index contributed by atoms with van der Waals surface area (Å²) < 4.78 is 19.1. The van der Waals surface area contributed by atoms with E-state index in [2.05, 4.69) is 5.32 Å². The predicted octanol–water partition coefficient (Wildman–Crippen LogP) is 1.92. The first kappa shape index (κ1) is 17.5. The number of halogens is 1. The zero-order chi connectivity index (χ0) is 18.1. The molecule has 136 valence electrons. The van der Waals surface area contributed by atoms with Crippen LogP contribution in [0, 0.1) is 12.7 Å². The van der Waals surface area contributed by atoms with E-state index in [1.807, 2.05) is 25.7 Å². The number of nitrogens with one attached hydrogen (secondary N) is 1. The van der Waals surface area contributed by atoms with E-state index < -0.39 is 5.82 Å². The number of carbonyl (C=O) groups excluding carboxylic acids is 2. The third-order valence-electron chi connectivity index (χ3n) is 4.82. The van der Waals surface area contributed by atoms with Crippen LogP contribution in [0.2, 0.25) is 0 Å². The van der Waals surface area contributed by atoms with Gasteiger partial charge in [0.05, 0.1) is 12.1 Å². The minimum Gasteiger partial charge on any atom is -0.481 e.